The molecule has 0 radical (unpaired) electrons. The van der Waals surface area contributed by atoms with Crippen molar-refractivity contribution in [3.8, 4) is 17.0 Å². The lowest BCUT2D eigenvalue weighted by molar-refractivity contribution is -0.140. The van der Waals surface area contributed by atoms with Crippen LogP contribution in [-0.2, 0) is 17.3 Å². The smallest absolute Gasteiger partial charge is 0.419 e. The van der Waals surface area contributed by atoms with E-state index in [1.807, 2.05) is 0 Å². The standard InChI is InChI=1S/C22H23F4N3O3/c23-14-8-11(17(31)9-13(14)22(24,25)26)20-12-7-10-5-6-18(32-10)19(12)21(29-28-20)27-15-3-1-2-4-16(15)30/h8-10,15-16,18,30-31H,1-7H2,(H,27,29)/t10-,15+,16+,18+/m0/s1. The lowest BCUT2D eigenvalue weighted by Gasteiger charge is -2.32. The molecule has 3 aliphatic rings. The summed E-state index contributed by atoms with van der Waals surface area (Å²) in [5.41, 5.74) is -0.111. The molecule has 6 nitrogen and oxygen atoms in total. The van der Waals surface area contributed by atoms with Crippen LogP contribution in [0.25, 0.3) is 11.3 Å². The molecule has 3 heterocycles. The molecule has 2 aromatic rings. The van der Waals surface area contributed by atoms with E-state index in [1.165, 1.54) is 0 Å². The van der Waals surface area contributed by atoms with Gasteiger partial charge in [0.25, 0.3) is 0 Å². The van der Waals surface area contributed by atoms with Crippen LogP contribution in [0, 0.1) is 5.82 Å². The Balaban J connectivity index is 1.60. The van der Waals surface area contributed by atoms with Gasteiger partial charge >= 0.3 is 6.18 Å². The van der Waals surface area contributed by atoms with Crippen LogP contribution >= 0.6 is 0 Å². The number of nitrogens with zero attached hydrogens (tertiary/aromatic N) is 2. The molecule has 1 aromatic carbocycles. The van der Waals surface area contributed by atoms with Gasteiger partial charge in [-0.05, 0) is 43.4 Å². The summed E-state index contributed by atoms with van der Waals surface area (Å²) in [5, 5.41) is 32.4. The van der Waals surface area contributed by atoms with Crippen molar-refractivity contribution in [3.05, 3.63) is 34.6 Å². The third-order valence-corrected chi connectivity index (χ3v) is 6.67. The minimum Gasteiger partial charge on any atom is -0.507 e. The minimum atomic E-state index is -4.92. The first-order valence-corrected chi connectivity index (χ1v) is 10.8. The average Bonchev–Trinajstić information content (AvgIpc) is 3.11. The third kappa shape index (κ3) is 3.69. The number of hydrogen-bond acceptors (Lipinski definition) is 6. The van der Waals surface area contributed by atoms with Crippen LogP contribution in [0.3, 0.4) is 0 Å². The number of ether oxygens (including phenoxy) is 1. The SMILES string of the molecule is Oc1cc(C(F)(F)F)c(F)cc1-c1nnc(N[C@@H]2CCCC[C@H]2O)c2c1C[C@@H]1CC[C@H]2O1. The first-order valence-electron chi connectivity index (χ1n) is 10.8. The predicted octanol–water partition coefficient (Wildman–Crippen LogP) is 4.50. The number of phenolic OH excluding ortho intramolecular Hbond substituents is 1. The summed E-state index contributed by atoms with van der Waals surface area (Å²) in [7, 11) is 0. The molecule has 3 N–H and O–H groups in total. The van der Waals surface area contributed by atoms with Gasteiger partial charge in [0, 0.05) is 17.5 Å². The van der Waals surface area contributed by atoms with Crippen molar-refractivity contribution in [2.24, 2.45) is 0 Å². The summed E-state index contributed by atoms with van der Waals surface area (Å²) in [6.45, 7) is 0. The van der Waals surface area contributed by atoms with Crippen LogP contribution in [-0.4, -0.2) is 38.7 Å². The summed E-state index contributed by atoms with van der Waals surface area (Å²) in [6.07, 6.45) is -0.423. The Labute approximate surface area is 181 Å². The van der Waals surface area contributed by atoms with Crippen LogP contribution in [0.4, 0.5) is 23.4 Å². The zero-order valence-corrected chi connectivity index (χ0v) is 17.1. The van der Waals surface area contributed by atoms with Crippen LogP contribution in [0.1, 0.15) is 61.3 Å². The van der Waals surface area contributed by atoms with E-state index in [2.05, 4.69) is 15.5 Å². The van der Waals surface area contributed by atoms with E-state index in [4.69, 9.17) is 4.74 Å². The third-order valence-electron chi connectivity index (χ3n) is 6.67. The molecule has 0 amide bonds. The number of fused-ring (bicyclic) bond motifs is 4. The molecule has 0 unspecified atom stereocenters. The largest absolute Gasteiger partial charge is 0.507 e. The highest BCUT2D eigenvalue weighted by molar-refractivity contribution is 5.74. The molecule has 1 saturated carbocycles. The zero-order chi connectivity index (χ0) is 22.6. The van der Waals surface area contributed by atoms with Gasteiger partial charge in [0.05, 0.1) is 29.9 Å². The maximum atomic E-state index is 14.3. The van der Waals surface area contributed by atoms with E-state index < -0.39 is 29.4 Å². The second-order valence-corrected chi connectivity index (χ2v) is 8.77. The van der Waals surface area contributed by atoms with Gasteiger partial charge in [-0.3, -0.25) is 0 Å². The minimum absolute atomic E-state index is 0.0787. The van der Waals surface area contributed by atoms with Gasteiger partial charge in [-0.1, -0.05) is 12.8 Å². The molecule has 5 rings (SSSR count). The Morgan fingerprint density at radius 3 is 2.59 bits per heavy atom. The number of rotatable bonds is 3. The lowest BCUT2D eigenvalue weighted by atomic mass is 9.91. The van der Waals surface area contributed by atoms with Crippen molar-refractivity contribution in [2.75, 3.05) is 5.32 Å². The number of nitrogens with one attached hydrogen (secondary N) is 1. The Morgan fingerprint density at radius 1 is 1.06 bits per heavy atom. The summed E-state index contributed by atoms with van der Waals surface area (Å²) in [4.78, 5) is 0. The summed E-state index contributed by atoms with van der Waals surface area (Å²) >= 11 is 0. The first-order chi connectivity index (χ1) is 15.2. The number of benzene rings is 1. The van der Waals surface area contributed by atoms with Crippen LogP contribution in [0.5, 0.6) is 5.75 Å². The molecule has 2 aliphatic heterocycles. The van der Waals surface area contributed by atoms with Crippen molar-refractivity contribution in [1.82, 2.24) is 10.2 Å². The highest BCUT2D eigenvalue weighted by Crippen LogP contribution is 2.48. The maximum absolute atomic E-state index is 14.3. The number of halogens is 4. The highest BCUT2D eigenvalue weighted by Gasteiger charge is 2.40. The van der Waals surface area contributed by atoms with E-state index in [1.54, 1.807) is 0 Å². The fourth-order valence-electron chi connectivity index (χ4n) is 5.08. The number of aromatic hydroxyl groups is 1. The molecule has 0 spiro atoms. The van der Waals surface area contributed by atoms with Gasteiger partial charge in [0.2, 0.25) is 0 Å². The van der Waals surface area contributed by atoms with Crippen LogP contribution in [0.2, 0.25) is 0 Å². The summed E-state index contributed by atoms with van der Waals surface area (Å²) in [5.74, 6) is -1.73. The number of aliphatic hydroxyl groups excluding tert-OH is 1. The first kappa shape index (κ1) is 21.4. The maximum Gasteiger partial charge on any atom is 0.419 e. The monoisotopic (exact) mass is 453 g/mol. The van der Waals surface area contributed by atoms with Gasteiger partial charge < -0.3 is 20.3 Å². The van der Waals surface area contributed by atoms with Gasteiger partial charge in [-0.2, -0.15) is 13.2 Å². The average molecular weight is 453 g/mol. The molecular weight excluding hydrogens is 430 g/mol. The number of aromatic nitrogens is 2. The summed E-state index contributed by atoms with van der Waals surface area (Å²) in [6, 6.07) is 0.860. The quantitative estimate of drug-likeness (QED) is 0.594. The molecule has 1 aliphatic carbocycles. The molecule has 1 aromatic heterocycles. The van der Waals surface area contributed by atoms with E-state index in [-0.39, 0.29) is 29.5 Å². The lowest BCUT2D eigenvalue weighted by Crippen LogP contribution is -2.37. The van der Waals surface area contributed by atoms with Crippen molar-refractivity contribution >= 4 is 5.82 Å². The highest BCUT2D eigenvalue weighted by atomic mass is 19.4. The van der Waals surface area contributed by atoms with Crippen molar-refractivity contribution in [2.45, 2.75) is 75.5 Å². The fraction of sp³-hybridized carbons (Fsp3) is 0.545. The number of alkyl halides is 3. The number of aliphatic hydroxyl groups is 1. The fourth-order valence-corrected chi connectivity index (χ4v) is 5.08. The zero-order valence-electron chi connectivity index (χ0n) is 17.1. The Morgan fingerprint density at radius 2 is 1.84 bits per heavy atom. The van der Waals surface area contributed by atoms with E-state index in [0.717, 1.165) is 37.7 Å². The van der Waals surface area contributed by atoms with E-state index in [9.17, 15) is 27.8 Å². The van der Waals surface area contributed by atoms with Gasteiger partial charge in [0.15, 0.2) is 5.82 Å². The second kappa shape index (κ2) is 7.84. The second-order valence-electron chi connectivity index (χ2n) is 8.77. The Bertz CT molecular complexity index is 1050. The van der Waals surface area contributed by atoms with Crippen LogP contribution in [0.15, 0.2) is 12.1 Å². The Kier molecular flexibility index (Phi) is 5.24. The molecule has 10 heteroatoms. The van der Waals surface area contributed by atoms with Gasteiger partial charge in [-0.25, -0.2) is 4.39 Å². The number of anilines is 1. The van der Waals surface area contributed by atoms with Crippen molar-refractivity contribution < 1.29 is 32.5 Å². The molecule has 2 bridgehead atoms. The molecule has 172 valence electrons. The molecular formula is C22H23F4N3O3. The van der Waals surface area contributed by atoms with E-state index >= 15 is 0 Å². The van der Waals surface area contributed by atoms with Crippen molar-refractivity contribution in [3.63, 3.8) is 0 Å². The Hall–Kier alpha value is -2.46. The van der Waals surface area contributed by atoms with Gasteiger partial charge in [-0.15, -0.1) is 10.2 Å². The topological polar surface area (TPSA) is 87.5 Å². The van der Waals surface area contributed by atoms with Crippen LogP contribution < -0.4 is 5.32 Å². The molecule has 1 saturated heterocycles. The molecule has 4 atom stereocenters. The molecule has 32 heavy (non-hydrogen) atoms. The molecule has 2 fully saturated rings. The summed E-state index contributed by atoms with van der Waals surface area (Å²) < 4.78 is 59.4. The van der Waals surface area contributed by atoms with Crippen molar-refractivity contribution in [1.29, 1.82) is 0 Å². The number of hydrogen-bond donors (Lipinski definition) is 3. The van der Waals surface area contributed by atoms with E-state index in [0.29, 0.717) is 36.4 Å². The van der Waals surface area contributed by atoms with Gasteiger partial charge in [0.1, 0.15) is 17.3 Å². The number of phenols is 1. The normalized spacial score (nSPS) is 27.3. The predicted molar refractivity (Wildman–Crippen MR) is 107 cm³/mol.